The monoisotopic (exact) mass is 327 g/mol. The van der Waals surface area contributed by atoms with Gasteiger partial charge in [-0.25, -0.2) is 9.78 Å². The summed E-state index contributed by atoms with van der Waals surface area (Å²) in [5.41, 5.74) is 1.70. The Balaban J connectivity index is 1.86. The molecule has 1 aromatic heterocycles. The fourth-order valence-electron chi connectivity index (χ4n) is 1.37. The van der Waals surface area contributed by atoms with Gasteiger partial charge in [-0.2, -0.15) is 0 Å². The van der Waals surface area contributed by atoms with Crippen LogP contribution in [0.2, 0.25) is 0 Å². The summed E-state index contributed by atoms with van der Waals surface area (Å²) in [5.74, 6) is -1.00. The van der Waals surface area contributed by atoms with Crippen LogP contribution in [0.1, 0.15) is 21.1 Å². The van der Waals surface area contributed by atoms with Crippen LogP contribution in [-0.2, 0) is 18.0 Å². The lowest BCUT2D eigenvalue weighted by molar-refractivity contribution is 0.0694. The maximum absolute atomic E-state index is 10.6. The molecule has 0 saturated carbocycles. The zero-order valence-electron chi connectivity index (χ0n) is 9.30. The summed E-state index contributed by atoms with van der Waals surface area (Å²) in [5, 5.41) is 10.5. The summed E-state index contributed by atoms with van der Waals surface area (Å²) < 4.78 is 6.49. The Morgan fingerprint density at radius 2 is 2.28 bits per heavy atom. The summed E-state index contributed by atoms with van der Waals surface area (Å²) in [7, 11) is 0. The predicted octanol–water partition coefficient (Wildman–Crippen LogP) is 3.32. The van der Waals surface area contributed by atoms with Crippen LogP contribution in [0.3, 0.4) is 0 Å². The second-order valence-corrected chi connectivity index (χ2v) is 5.35. The van der Waals surface area contributed by atoms with Gasteiger partial charge in [0.05, 0.1) is 18.9 Å². The van der Waals surface area contributed by atoms with Gasteiger partial charge in [0.2, 0.25) is 5.01 Å². The van der Waals surface area contributed by atoms with Gasteiger partial charge in [-0.15, -0.1) is 11.3 Å². The van der Waals surface area contributed by atoms with E-state index in [-0.39, 0.29) is 5.01 Å². The lowest BCUT2D eigenvalue weighted by Crippen LogP contribution is -1.98. The van der Waals surface area contributed by atoms with Gasteiger partial charge in [-0.3, -0.25) is 0 Å². The van der Waals surface area contributed by atoms with Crippen molar-refractivity contribution in [3.05, 3.63) is 50.4 Å². The highest BCUT2D eigenvalue weighted by molar-refractivity contribution is 9.10. The van der Waals surface area contributed by atoms with Gasteiger partial charge < -0.3 is 9.84 Å². The van der Waals surface area contributed by atoms with E-state index < -0.39 is 5.97 Å². The first kappa shape index (κ1) is 13.2. The third kappa shape index (κ3) is 3.63. The summed E-state index contributed by atoms with van der Waals surface area (Å²) >= 11 is 4.49. The maximum atomic E-state index is 10.6. The quantitative estimate of drug-likeness (QED) is 0.915. The Hall–Kier alpha value is -1.24. The fraction of sp³-hybridized carbons (Fsp3) is 0.167. The van der Waals surface area contributed by atoms with E-state index in [1.54, 1.807) is 5.38 Å². The largest absolute Gasteiger partial charge is 0.476 e. The van der Waals surface area contributed by atoms with Crippen molar-refractivity contribution in [3.63, 3.8) is 0 Å². The zero-order valence-corrected chi connectivity index (χ0v) is 11.7. The van der Waals surface area contributed by atoms with Crippen molar-refractivity contribution in [2.45, 2.75) is 13.2 Å². The molecule has 18 heavy (non-hydrogen) atoms. The molecule has 0 aliphatic rings. The number of rotatable bonds is 5. The number of carboxylic acids is 1. The number of carbonyl (C=O) groups is 1. The van der Waals surface area contributed by atoms with Crippen molar-refractivity contribution in [1.29, 1.82) is 0 Å². The molecule has 4 nitrogen and oxygen atoms in total. The molecule has 94 valence electrons. The second-order valence-electron chi connectivity index (χ2n) is 3.57. The molecule has 1 heterocycles. The Bertz CT molecular complexity index is 556. The molecule has 1 N–H and O–H groups in total. The molecule has 2 aromatic rings. The summed E-state index contributed by atoms with van der Waals surface area (Å²) in [6.45, 7) is 0.787. The number of aromatic nitrogens is 1. The first-order valence-electron chi connectivity index (χ1n) is 5.15. The molecule has 0 saturated heterocycles. The van der Waals surface area contributed by atoms with Gasteiger partial charge in [0, 0.05) is 9.85 Å². The normalized spacial score (nSPS) is 10.5. The van der Waals surface area contributed by atoms with Crippen molar-refractivity contribution >= 4 is 33.2 Å². The Morgan fingerprint density at radius 3 is 2.94 bits per heavy atom. The van der Waals surface area contributed by atoms with Crippen LogP contribution in [0.5, 0.6) is 0 Å². The number of nitrogens with zero attached hydrogens (tertiary/aromatic N) is 1. The summed E-state index contributed by atoms with van der Waals surface area (Å²) in [6.07, 6.45) is 0. The van der Waals surface area contributed by atoms with E-state index in [9.17, 15) is 4.79 Å². The van der Waals surface area contributed by atoms with Crippen molar-refractivity contribution < 1.29 is 14.6 Å². The number of carboxylic acid groups (broad SMARTS) is 1. The van der Waals surface area contributed by atoms with Gasteiger partial charge in [0.25, 0.3) is 0 Å². The van der Waals surface area contributed by atoms with Crippen LogP contribution in [0, 0.1) is 0 Å². The van der Waals surface area contributed by atoms with Gasteiger partial charge in [0.1, 0.15) is 0 Å². The summed E-state index contributed by atoms with van der Waals surface area (Å²) in [6, 6.07) is 7.83. The second kappa shape index (κ2) is 6.08. The minimum atomic E-state index is -1.00. The topological polar surface area (TPSA) is 59.4 Å². The summed E-state index contributed by atoms with van der Waals surface area (Å²) in [4.78, 5) is 14.6. The predicted molar refractivity (Wildman–Crippen MR) is 71.7 cm³/mol. The van der Waals surface area contributed by atoms with Crippen LogP contribution < -0.4 is 0 Å². The highest BCUT2D eigenvalue weighted by Gasteiger charge is 2.08. The average Bonchev–Trinajstić information content (AvgIpc) is 2.78. The molecule has 0 atom stereocenters. The molecule has 2 rings (SSSR count). The Labute approximate surface area is 116 Å². The number of benzene rings is 1. The SMILES string of the molecule is O=C(O)c1nc(COCc2cccc(Br)c2)cs1. The Kier molecular flexibility index (Phi) is 4.46. The van der Waals surface area contributed by atoms with Crippen molar-refractivity contribution in [2.75, 3.05) is 0 Å². The molecular weight excluding hydrogens is 318 g/mol. The number of halogens is 1. The lowest BCUT2D eigenvalue weighted by Gasteiger charge is -2.02. The lowest BCUT2D eigenvalue weighted by atomic mass is 10.2. The minimum absolute atomic E-state index is 0.0936. The fourth-order valence-corrected chi connectivity index (χ4v) is 2.46. The standard InChI is InChI=1S/C12H10BrNO3S/c13-9-3-1-2-8(4-9)5-17-6-10-7-18-11(14-10)12(15)16/h1-4,7H,5-6H2,(H,15,16). The molecule has 0 amide bonds. The first-order valence-corrected chi connectivity index (χ1v) is 6.82. The van der Waals surface area contributed by atoms with Gasteiger partial charge in [0.15, 0.2) is 0 Å². The van der Waals surface area contributed by atoms with E-state index in [1.807, 2.05) is 24.3 Å². The highest BCUT2D eigenvalue weighted by Crippen LogP contribution is 2.14. The third-order valence-corrected chi connectivity index (χ3v) is 3.51. The molecule has 0 spiro atoms. The molecule has 0 aliphatic heterocycles. The van der Waals surface area contributed by atoms with Gasteiger partial charge in [-0.05, 0) is 17.7 Å². The van der Waals surface area contributed by atoms with E-state index in [0.29, 0.717) is 18.9 Å². The number of thiazole rings is 1. The zero-order chi connectivity index (χ0) is 13.0. The van der Waals surface area contributed by atoms with Crippen LogP contribution in [-0.4, -0.2) is 16.1 Å². The van der Waals surface area contributed by atoms with Crippen LogP contribution in [0.25, 0.3) is 0 Å². The van der Waals surface area contributed by atoms with E-state index >= 15 is 0 Å². The highest BCUT2D eigenvalue weighted by atomic mass is 79.9. The van der Waals surface area contributed by atoms with E-state index in [1.165, 1.54) is 0 Å². The van der Waals surface area contributed by atoms with Crippen molar-refractivity contribution in [3.8, 4) is 0 Å². The minimum Gasteiger partial charge on any atom is -0.476 e. The molecule has 0 bridgehead atoms. The van der Waals surface area contributed by atoms with Crippen molar-refractivity contribution in [2.24, 2.45) is 0 Å². The molecule has 6 heteroatoms. The average molecular weight is 328 g/mol. The van der Waals surface area contributed by atoms with Crippen LogP contribution in [0.15, 0.2) is 34.1 Å². The smallest absolute Gasteiger partial charge is 0.365 e. The first-order chi connectivity index (χ1) is 8.65. The maximum Gasteiger partial charge on any atom is 0.365 e. The van der Waals surface area contributed by atoms with Gasteiger partial charge >= 0.3 is 5.97 Å². The number of hydrogen-bond acceptors (Lipinski definition) is 4. The van der Waals surface area contributed by atoms with Gasteiger partial charge in [-0.1, -0.05) is 28.1 Å². The van der Waals surface area contributed by atoms with E-state index in [2.05, 4.69) is 20.9 Å². The molecular formula is C12H10BrNO3S. The molecule has 0 aliphatic carbocycles. The van der Waals surface area contributed by atoms with Crippen LogP contribution >= 0.6 is 27.3 Å². The number of hydrogen-bond donors (Lipinski definition) is 1. The number of ether oxygens (including phenoxy) is 1. The molecule has 0 radical (unpaired) electrons. The van der Waals surface area contributed by atoms with Crippen LogP contribution in [0.4, 0.5) is 0 Å². The molecule has 0 fully saturated rings. The van der Waals surface area contributed by atoms with E-state index in [0.717, 1.165) is 21.4 Å². The van der Waals surface area contributed by atoms with Crippen molar-refractivity contribution in [1.82, 2.24) is 4.98 Å². The molecule has 1 aromatic carbocycles. The third-order valence-electron chi connectivity index (χ3n) is 2.14. The Morgan fingerprint density at radius 1 is 1.44 bits per heavy atom. The molecule has 0 unspecified atom stereocenters. The number of aromatic carboxylic acids is 1. The van der Waals surface area contributed by atoms with E-state index in [4.69, 9.17) is 9.84 Å².